The average Bonchev–Trinajstić information content (AvgIpc) is 2.31. The summed E-state index contributed by atoms with van der Waals surface area (Å²) in [4.78, 5) is 23.0. The monoisotopic (exact) mass is 283 g/mol. The number of amides is 1. The quantitative estimate of drug-likeness (QED) is 0.834. The Morgan fingerprint density at radius 1 is 1.45 bits per heavy atom. The van der Waals surface area contributed by atoms with E-state index in [-0.39, 0.29) is 24.2 Å². The summed E-state index contributed by atoms with van der Waals surface area (Å²) in [5.41, 5.74) is -0.658. The molecule has 6 heteroatoms. The van der Waals surface area contributed by atoms with Gasteiger partial charge in [0, 0.05) is 12.7 Å². The van der Waals surface area contributed by atoms with E-state index >= 15 is 0 Å². The summed E-state index contributed by atoms with van der Waals surface area (Å²) in [5.74, 6) is -2.06. The van der Waals surface area contributed by atoms with E-state index in [2.05, 4.69) is 5.32 Å². The second-order valence-corrected chi connectivity index (χ2v) is 4.93. The van der Waals surface area contributed by atoms with Crippen LogP contribution in [-0.2, 0) is 9.53 Å². The van der Waals surface area contributed by atoms with Crippen LogP contribution in [0, 0.1) is 12.7 Å². The summed E-state index contributed by atoms with van der Waals surface area (Å²) in [5, 5.41) is 11.5. The maximum Gasteiger partial charge on any atom is 0.305 e. The average molecular weight is 283 g/mol. The molecule has 110 valence electrons. The Balaban J connectivity index is 2.96. The third kappa shape index (κ3) is 4.03. The van der Waals surface area contributed by atoms with E-state index in [4.69, 9.17) is 9.84 Å². The zero-order chi connectivity index (χ0) is 15.3. The van der Waals surface area contributed by atoms with Gasteiger partial charge in [-0.2, -0.15) is 0 Å². The van der Waals surface area contributed by atoms with Crippen LogP contribution < -0.4 is 5.32 Å². The molecule has 0 radical (unpaired) electrons. The molecule has 1 amide bonds. The first kappa shape index (κ1) is 16.1. The number of hydrogen-bond acceptors (Lipinski definition) is 3. The number of aliphatic carboxylic acids is 1. The number of carboxylic acids is 1. The molecule has 0 aliphatic rings. The number of carbonyl (C=O) groups is 2. The van der Waals surface area contributed by atoms with Crippen LogP contribution in [0.4, 0.5) is 4.39 Å². The SMILES string of the molecule is COCC(C)(CC(=O)O)NC(=O)c1cccc(F)c1C. The van der Waals surface area contributed by atoms with Gasteiger partial charge in [0.15, 0.2) is 0 Å². The molecular formula is C14H18FNO4. The van der Waals surface area contributed by atoms with E-state index in [1.165, 1.54) is 32.2 Å². The van der Waals surface area contributed by atoms with Gasteiger partial charge in [-0.15, -0.1) is 0 Å². The van der Waals surface area contributed by atoms with Crippen LogP contribution in [0.3, 0.4) is 0 Å². The minimum absolute atomic E-state index is 0.0411. The summed E-state index contributed by atoms with van der Waals surface area (Å²) in [6, 6.07) is 4.18. The number of nitrogens with one attached hydrogen (secondary N) is 1. The molecular weight excluding hydrogens is 265 g/mol. The van der Waals surface area contributed by atoms with Crippen molar-refractivity contribution in [2.75, 3.05) is 13.7 Å². The zero-order valence-electron chi connectivity index (χ0n) is 11.7. The molecule has 0 fully saturated rings. The Kier molecular flexibility index (Phi) is 5.21. The van der Waals surface area contributed by atoms with E-state index in [9.17, 15) is 14.0 Å². The normalized spacial score (nSPS) is 13.6. The van der Waals surface area contributed by atoms with Crippen molar-refractivity contribution in [3.8, 4) is 0 Å². The molecule has 1 aromatic rings. The Hall–Kier alpha value is -1.95. The van der Waals surface area contributed by atoms with E-state index in [0.29, 0.717) is 0 Å². The van der Waals surface area contributed by atoms with Crippen LogP contribution in [-0.4, -0.2) is 36.2 Å². The molecule has 0 aliphatic carbocycles. The van der Waals surface area contributed by atoms with Crippen LogP contribution in [0.5, 0.6) is 0 Å². The minimum Gasteiger partial charge on any atom is -0.481 e. The molecule has 0 saturated heterocycles. The van der Waals surface area contributed by atoms with E-state index < -0.39 is 23.2 Å². The molecule has 0 saturated carbocycles. The van der Waals surface area contributed by atoms with Gasteiger partial charge in [-0.1, -0.05) is 6.07 Å². The Bertz CT molecular complexity index is 518. The molecule has 0 aromatic heterocycles. The second kappa shape index (κ2) is 6.47. The lowest BCUT2D eigenvalue weighted by Gasteiger charge is -2.28. The first-order chi connectivity index (χ1) is 9.29. The summed E-state index contributed by atoms with van der Waals surface area (Å²) in [7, 11) is 1.42. The molecule has 1 unspecified atom stereocenters. The Morgan fingerprint density at radius 3 is 2.65 bits per heavy atom. The van der Waals surface area contributed by atoms with Gasteiger partial charge >= 0.3 is 5.97 Å². The Labute approximate surface area is 116 Å². The van der Waals surface area contributed by atoms with Gasteiger partial charge in [-0.3, -0.25) is 9.59 Å². The fraction of sp³-hybridized carbons (Fsp3) is 0.429. The summed E-state index contributed by atoms with van der Waals surface area (Å²) in [6.07, 6.45) is -0.291. The number of carboxylic acid groups (broad SMARTS) is 1. The van der Waals surface area contributed by atoms with Crippen LogP contribution in [0.2, 0.25) is 0 Å². The van der Waals surface area contributed by atoms with E-state index in [1.807, 2.05) is 0 Å². The topological polar surface area (TPSA) is 75.6 Å². The highest BCUT2D eigenvalue weighted by molar-refractivity contribution is 5.96. The Morgan fingerprint density at radius 2 is 2.10 bits per heavy atom. The maximum atomic E-state index is 13.4. The summed E-state index contributed by atoms with van der Waals surface area (Å²) < 4.78 is 18.4. The third-order valence-electron chi connectivity index (χ3n) is 2.93. The van der Waals surface area contributed by atoms with E-state index in [0.717, 1.165) is 0 Å². The highest BCUT2D eigenvalue weighted by Gasteiger charge is 2.30. The number of halogens is 1. The molecule has 0 bridgehead atoms. The number of benzene rings is 1. The van der Waals surface area contributed by atoms with E-state index in [1.54, 1.807) is 6.92 Å². The van der Waals surface area contributed by atoms with Crippen LogP contribution in [0.25, 0.3) is 0 Å². The molecule has 1 aromatic carbocycles. The van der Waals surface area contributed by atoms with Crippen molar-refractivity contribution in [3.63, 3.8) is 0 Å². The molecule has 20 heavy (non-hydrogen) atoms. The smallest absolute Gasteiger partial charge is 0.305 e. The first-order valence-electron chi connectivity index (χ1n) is 6.07. The van der Waals surface area contributed by atoms with Gasteiger partial charge in [0.1, 0.15) is 5.82 Å². The number of carbonyl (C=O) groups excluding carboxylic acids is 1. The van der Waals surface area contributed by atoms with Crippen molar-refractivity contribution in [3.05, 3.63) is 35.1 Å². The van der Waals surface area contributed by atoms with Crippen LogP contribution >= 0.6 is 0 Å². The fourth-order valence-corrected chi connectivity index (χ4v) is 1.98. The van der Waals surface area contributed by atoms with Crippen molar-refractivity contribution in [2.45, 2.75) is 25.8 Å². The van der Waals surface area contributed by atoms with Gasteiger partial charge in [0.2, 0.25) is 0 Å². The molecule has 5 nitrogen and oxygen atoms in total. The lowest BCUT2D eigenvalue weighted by atomic mass is 9.97. The van der Waals surface area contributed by atoms with Crippen molar-refractivity contribution in [1.29, 1.82) is 0 Å². The van der Waals surface area contributed by atoms with Crippen LogP contribution in [0.15, 0.2) is 18.2 Å². The largest absolute Gasteiger partial charge is 0.481 e. The predicted octanol–water partition coefficient (Wildman–Crippen LogP) is 1.74. The van der Waals surface area contributed by atoms with Gasteiger partial charge < -0.3 is 15.2 Å². The molecule has 0 heterocycles. The fourth-order valence-electron chi connectivity index (χ4n) is 1.98. The minimum atomic E-state index is -1.06. The van der Waals surface area contributed by atoms with Gasteiger partial charge in [-0.05, 0) is 31.5 Å². The standard InChI is InChI=1S/C14H18FNO4/c1-9-10(5-4-6-11(9)15)13(19)16-14(2,8-20-3)7-12(17)18/h4-6H,7-8H2,1-3H3,(H,16,19)(H,17,18). The predicted molar refractivity (Wildman–Crippen MR) is 71.1 cm³/mol. The van der Waals surface area contributed by atoms with Gasteiger partial charge in [0.05, 0.1) is 18.6 Å². The summed E-state index contributed by atoms with van der Waals surface area (Å²) in [6.45, 7) is 3.10. The number of rotatable bonds is 6. The third-order valence-corrected chi connectivity index (χ3v) is 2.93. The first-order valence-corrected chi connectivity index (χ1v) is 6.07. The van der Waals surface area contributed by atoms with Gasteiger partial charge in [-0.25, -0.2) is 4.39 Å². The molecule has 0 spiro atoms. The highest BCUT2D eigenvalue weighted by atomic mass is 19.1. The zero-order valence-corrected chi connectivity index (χ0v) is 11.7. The summed E-state index contributed by atoms with van der Waals surface area (Å²) >= 11 is 0. The number of ether oxygens (including phenoxy) is 1. The lowest BCUT2D eigenvalue weighted by Crippen LogP contribution is -2.50. The van der Waals surface area contributed by atoms with Crippen molar-refractivity contribution in [1.82, 2.24) is 5.32 Å². The number of methoxy groups -OCH3 is 1. The number of hydrogen-bond donors (Lipinski definition) is 2. The van der Waals surface area contributed by atoms with Crippen molar-refractivity contribution >= 4 is 11.9 Å². The second-order valence-electron chi connectivity index (χ2n) is 4.93. The van der Waals surface area contributed by atoms with Crippen molar-refractivity contribution < 1.29 is 23.8 Å². The van der Waals surface area contributed by atoms with Crippen molar-refractivity contribution in [2.24, 2.45) is 0 Å². The van der Waals surface area contributed by atoms with Crippen LogP contribution in [0.1, 0.15) is 29.3 Å². The molecule has 2 N–H and O–H groups in total. The van der Waals surface area contributed by atoms with Gasteiger partial charge in [0.25, 0.3) is 5.91 Å². The lowest BCUT2D eigenvalue weighted by molar-refractivity contribution is -0.139. The highest BCUT2D eigenvalue weighted by Crippen LogP contribution is 2.16. The molecule has 0 aliphatic heterocycles. The molecule has 1 rings (SSSR count). The maximum absolute atomic E-state index is 13.4. The molecule has 1 atom stereocenters.